The van der Waals surface area contributed by atoms with Crippen molar-refractivity contribution in [3.8, 4) is 16.9 Å². The topological polar surface area (TPSA) is 81.6 Å². The van der Waals surface area contributed by atoms with Crippen LogP contribution >= 0.6 is 0 Å². The van der Waals surface area contributed by atoms with Gasteiger partial charge in [-0.05, 0) is 49.4 Å². The lowest BCUT2D eigenvalue weighted by Crippen LogP contribution is -2.68. The van der Waals surface area contributed by atoms with Gasteiger partial charge in [0.15, 0.2) is 5.69 Å². The quantitative estimate of drug-likeness (QED) is 0.744. The predicted molar refractivity (Wildman–Crippen MR) is 99.1 cm³/mol. The molecule has 3 fully saturated rings. The number of hydrogen-bond acceptors (Lipinski definition) is 4. The third kappa shape index (κ3) is 2.24. The molecule has 3 saturated carbocycles. The van der Waals surface area contributed by atoms with Gasteiger partial charge in [-0.25, -0.2) is 9.37 Å². The smallest absolute Gasteiger partial charge is 0.274 e. The lowest BCUT2D eigenvalue weighted by Gasteiger charge is -2.61. The third-order valence-corrected chi connectivity index (χ3v) is 5.78. The first kappa shape index (κ1) is 16.1. The fraction of sp³-hybridized carbons (Fsp3) is 0.300. The molecule has 0 aliphatic heterocycles. The van der Waals surface area contributed by atoms with Crippen LogP contribution < -0.4 is 15.8 Å². The highest BCUT2D eigenvalue weighted by Crippen LogP contribution is 2.57. The Labute approximate surface area is 155 Å². The number of anilines is 1. The number of benzene rings is 1. The van der Waals surface area contributed by atoms with Crippen LogP contribution in [0, 0.1) is 11.7 Å². The molecule has 6 nitrogen and oxygen atoms in total. The Morgan fingerprint density at radius 1 is 1.33 bits per heavy atom. The van der Waals surface area contributed by atoms with E-state index in [2.05, 4.69) is 10.3 Å². The first-order valence-electron chi connectivity index (χ1n) is 8.93. The van der Waals surface area contributed by atoms with Gasteiger partial charge in [0.1, 0.15) is 23.0 Å². The molecule has 2 heterocycles. The van der Waals surface area contributed by atoms with Crippen molar-refractivity contribution in [1.82, 2.24) is 14.7 Å². The highest BCUT2D eigenvalue weighted by molar-refractivity contribution is 5.99. The van der Waals surface area contributed by atoms with Gasteiger partial charge in [0.2, 0.25) is 0 Å². The van der Waals surface area contributed by atoms with Crippen molar-refractivity contribution >= 4 is 17.4 Å². The van der Waals surface area contributed by atoms with Gasteiger partial charge in [0.25, 0.3) is 5.91 Å². The van der Waals surface area contributed by atoms with Crippen molar-refractivity contribution in [2.24, 2.45) is 5.92 Å². The maximum Gasteiger partial charge on any atom is 0.274 e. The van der Waals surface area contributed by atoms with Crippen LogP contribution in [0.4, 0.5) is 10.2 Å². The maximum absolute atomic E-state index is 14.6. The van der Waals surface area contributed by atoms with Crippen LogP contribution in [-0.4, -0.2) is 27.9 Å². The summed E-state index contributed by atoms with van der Waals surface area (Å²) in [6.45, 7) is 0. The van der Waals surface area contributed by atoms with E-state index in [1.165, 1.54) is 13.2 Å². The Hall–Kier alpha value is -3.09. The van der Waals surface area contributed by atoms with E-state index in [0.717, 1.165) is 25.2 Å². The van der Waals surface area contributed by atoms with E-state index in [4.69, 9.17) is 10.5 Å². The van der Waals surface area contributed by atoms with E-state index in [1.807, 2.05) is 0 Å². The second kappa shape index (κ2) is 5.45. The van der Waals surface area contributed by atoms with Crippen molar-refractivity contribution in [3.05, 3.63) is 48.0 Å². The molecular weight excluding hydrogens is 347 g/mol. The number of hydrogen-bond donors (Lipinski definition) is 2. The number of ether oxygens (including phenoxy) is 1. The minimum Gasteiger partial charge on any atom is -0.496 e. The molecule has 3 aromatic rings. The van der Waals surface area contributed by atoms with E-state index >= 15 is 0 Å². The summed E-state index contributed by atoms with van der Waals surface area (Å²) in [5.41, 5.74) is 7.53. The fourth-order valence-corrected chi connectivity index (χ4v) is 4.32. The first-order chi connectivity index (χ1) is 13.0. The molecule has 0 spiro atoms. The lowest BCUT2D eigenvalue weighted by molar-refractivity contribution is -0.0439. The van der Waals surface area contributed by atoms with Crippen LogP contribution in [0.5, 0.6) is 5.75 Å². The molecule has 2 bridgehead atoms. The number of amides is 1. The predicted octanol–water partition coefficient (Wildman–Crippen LogP) is 3.01. The van der Waals surface area contributed by atoms with E-state index in [0.29, 0.717) is 22.5 Å². The number of carbonyl (C=O) groups is 1. The number of fused-ring (bicyclic) bond motifs is 1. The zero-order chi connectivity index (χ0) is 18.8. The third-order valence-electron chi connectivity index (χ3n) is 5.78. The molecule has 0 radical (unpaired) electrons. The normalized spacial score (nSPS) is 22.8. The van der Waals surface area contributed by atoms with E-state index in [1.54, 1.807) is 34.9 Å². The molecule has 3 aliphatic rings. The number of nitrogen functional groups attached to an aromatic ring is 1. The molecule has 7 heteroatoms. The number of methoxy groups -OCH3 is 1. The number of nitrogens with two attached hydrogens (primary N) is 1. The van der Waals surface area contributed by atoms with Gasteiger partial charge in [-0.1, -0.05) is 6.07 Å². The summed E-state index contributed by atoms with van der Waals surface area (Å²) in [6, 6.07) is 8.12. The number of aromatic nitrogens is 2. The van der Waals surface area contributed by atoms with E-state index in [9.17, 15) is 9.18 Å². The molecule has 2 aromatic heterocycles. The molecule has 138 valence electrons. The number of imidazole rings is 1. The molecule has 0 atom stereocenters. The van der Waals surface area contributed by atoms with Gasteiger partial charge < -0.3 is 15.8 Å². The summed E-state index contributed by atoms with van der Waals surface area (Å²) in [7, 11) is 1.49. The summed E-state index contributed by atoms with van der Waals surface area (Å²) in [6.07, 6.45) is 4.81. The summed E-state index contributed by atoms with van der Waals surface area (Å²) in [4.78, 5) is 17.2. The summed E-state index contributed by atoms with van der Waals surface area (Å²) < 4.78 is 21.5. The maximum atomic E-state index is 14.6. The Morgan fingerprint density at radius 2 is 2.11 bits per heavy atom. The van der Waals surface area contributed by atoms with Crippen LogP contribution in [0.2, 0.25) is 0 Å². The van der Waals surface area contributed by atoms with E-state index in [-0.39, 0.29) is 23.0 Å². The Bertz CT molecular complexity index is 1070. The highest BCUT2D eigenvalue weighted by Gasteiger charge is 2.57. The summed E-state index contributed by atoms with van der Waals surface area (Å²) in [5, 5.41) is 3.08. The van der Waals surface area contributed by atoms with Gasteiger partial charge in [-0.15, -0.1) is 0 Å². The molecule has 3 aliphatic carbocycles. The van der Waals surface area contributed by atoms with Crippen molar-refractivity contribution < 1.29 is 13.9 Å². The van der Waals surface area contributed by atoms with Gasteiger partial charge >= 0.3 is 0 Å². The molecule has 3 N–H and O–H groups in total. The minimum atomic E-state index is -0.427. The average Bonchev–Trinajstić information content (AvgIpc) is 2.94. The second-order valence-electron chi connectivity index (χ2n) is 7.49. The Morgan fingerprint density at radius 3 is 2.78 bits per heavy atom. The highest BCUT2D eigenvalue weighted by atomic mass is 19.1. The zero-order valence-electron chi connectivity index (χ0n) is 14.8. The van der Waals surface area contributed by atoms with Crippen molar-refractivity contribution in [3.63, 3.8) is 0 Å². The van der Waals surface area contributed by atoms with Crippen LogP contribution in [0.25, 0.3) is 16.8 Å². The van der Waals surface area contributed by atoms with Crippen LogP contribution in [0.3, 0.4) is 0 Å². The molecule has 1 aromatic carbocycles. The van der Waals surface area contributed by atoms with Gasteiger partial charge in [0.05, 0.1) is 12.7 Å². The van der Waals surface area contributed by atoms with Crippen LogP contribution in [0.1, 0.15) is 29.8 Å². The number of halogens is 1. The number of nitrogens with zero attached hydrogens (tertiary/aromatic N) is 2. The standard InChI is InChI=1S/C20H19FN4O2/c1-27-14-6-2-5-13(21)15(14)12-4-3-7-25-17(22)16(23-18(12)25)19(26)24-20-8-11(9-20)10-20/h2-7,11H,8-10,22H2,1H3,(H,24,26). The monoisotopic (exact) mass is 366 g/mol. The first-order valence-corrected chi connectivity index (χ1v) is 8.93. The molecule has 27 heavy (non-hydrogen) atoms. The molecule has 6 rings (SSSR count). The van der Waals surface area contributed by atoms with Crippen molar-refractivity contribution in [1.29, 1.82) is 0 Å². The number of nitrogens with one attached hydrogen (secondary N) is 1. The molecule has 0 saturated heterocycles. The molecule has 1 amide bonds. The molecule has 0 unspecified atom stereocenters. The van der Waals surface area contributed by atoms with Gasteiger partial charge in [-0.2, -0.15) is 0 Å². The fourth-order valence-electron chi connectivity index (χ4n) is 4.32. The minimum absolute atomic E-state index is 0.0679. The lowest BCUT2D eigenvalue weighted by atomic mass is 9.50. The Balaban J connectivity index is 1.62. The van der Waals surface area contributed by atoms with Crippen molar-refractivity contribution in [2.75, 3.05) is 12.8 Å². The zero-order valence-corrected chi connectivity index (χ0v) is 14.8. The van der Waals surface area contributed by atoms with Crippen LogP contribution in [0.15, 0.2) is 36.5 Å². The van der Waals surface area contributed by atoms with Crippen LogP contribution in [-0.2, 0) is 0 Å². The summed E-state index contributed by atoms with van der Waals surface area (Å²) >= 11 is 0. The number of pyridine rings is 1. The molecular formula is C20H19FN4O2. The van der Waals surface area contributed by atoms with Crippen molar-refractivity contribution in [2.45, 2.75) is 24.8 Å². The second-order valence-corrected chi connectivity index (χ2v) is 7.49. The SMILES string of the molecule is COc1cccc(F)c1-c1cccn2c(N)c(C(=O)NC34CC(C3)C4)nc12. The Kier molecular flexibility index (Phi) is 3.25. The van der Waals surface area contributed by atoms with E-state index < -0.39 is 5.82 Å². The average molecular weight is 366 g/mol. The van der Waals surface area contributed by atoms with Gasteiger partial charge in [-0.3, -0.25) is 9.20 Å². The summed E-state index contributed by atoms with van der Waals surface area (Å²) in [5.74, 6) is 0.685. The largest absolute Gasteiger partial charge is 0.496 e. The number of rotatable bonds is 4. The van der Waals surface area contributed by atoms with Gasteiger partial charge in [0, 0.05) is 17.3 Å². The number of carbonyl (C=O) groups excluding carboxylic acids is 1.